The lowest BCUT2D eigenvalue weighted by atomic mass is 10.2. The summed E-state index contributed by atoms with van der Waals surface area (Å²) in [7, 11) is 0. The maximum Gasteiger partial charge on any atom is 0.325 e. The van der Waals surface area contributed by atoms with Crippen molar-refractivity contribution in [1.29, 1.82) is 0 Å². The van der Waals surface area contributed by atoms with Gasteiger partial charge in [-0.2, -0.15) is 0 Å². The number of rotatable bonds is 8. The average Bonchev–Trinajstić information content (AvgIpc) is 2.47. The van der Waals surface area contributed by atoms with E-state index in [1.54, 1.807) is 11.8 Å². The largest absolute Gasteiger partial charge is 0.465 e. The first kappa shape index (κ1) is 18.6. The average molecular weight is 323 g/mol. The summed E-state index contributed by atoms with van der Waals surface area (Å²) in [5.41, 5.74) is 2.34. The smallest absolute Gasteiger partial charge is 0.325 e. The van der Waals surface area contributed by atoms with E-state index >= 15 is 0 Å². The van der Waals surface area contributed by atoms with Crippen molar-refractivity contribution in [2.24, 2.45) is 0 Å². The fourth-order valence-corrected chi connectivity index (χ4v) is 3.04. The molecule has 0 bridgehead atoms. The molecule has 1 rings (SSSR count). The van der Waals surface area contributed by atoms with Gasteiger partial charge in [0, 0.05) is 11.4 Å². The number of nitrogens with zero attached hydrogens (tertiary/aromatic N) is 1. The molecule has 0 atom stereocenters. The van der Waals surface area contributed by atoms with Gasteiger partial charge in [0.1, 0.15) is 6.54 Å². The minimum atomic E-state index is -0.346. The summed E-state index contributed by atoms with van der Waals surface area (Å²) in [6.07, 6.45) is 0.819. The van der Waals surface area contributed by atoms with Crippen LogP contribution in [-0.4, -0.2) is 42.2 Å². The lowest BCUT2D eigenvalue weighted by Gasteiger charge is -2.21. The number of esters is 1. The van der Waals surface area contributed by atoms with E-state index in [4.69, 9.17) is 4.74 Å². The standard InChI is InChI=1S/C17H25NO3S/c1-5-9-18(11-17(20)21-6-2)16(19)12-22-15-10-13(3)7-8-14(15)4/h7-8,10H,5-6,9,11-12H2,1-4H3. The van der Waals surface area contributed by atoms with Crippen molar-refractivity contribution in [1.82, 2.24) is 4.90 Å². The number of thioether (sulfide) groups is 1. The molecule has 122 valence electrons. The maximum atomic E-state index is 12.3. The van der Waals surface area contributed by atoms with Crippen LogP contribution in [0.15, 0.2) is 23.1 Å². The highest BCUT2D eigenvalue weighted by atomic mass is 32.2. The zero-order valence-electron chi connectivity index (χ0n) is 13.8. The molecule has 0 heterocycles. The molecule has 0 spiro atoms. The molecule has 22 heavy (non-hydrogen) atoms. The molecular formula is C17H25NO3S. The van der Waals surface area contributed by atoms with E-state index in [9.17, 15) is 9.59 Å². The molecule has 0 fully saturated rings. The Balaban J connectivity index is 2.62. The lowest BCUT2D eigenvalue weighted by Crippen LogP contribution is -2.38. The molecule has 0 aliphatic rings. The highest BCUT2D eigenvalue weighted by Crippen LogP contribution is 2.23. The number of ether oxygens (including phenoxy) is 1. The minimum Gasteiger partial charge on any atom is -0.465 e. The van der Waals surface area contributed by atoms with Crippen molar-refractivity contribution in [3.8, 4) is 0 Å². The van der Waals surface area contributed by atoms with Gasteiger partial charge in [-0.1, -0.05) is 24.6 Å². The number of aryl methyl sites for hydroxylation is 2. The third-order valence-electron chi connectivity index (χ3n) is 3.17. The van der Waals surface area contributed by atoms with Crippen molar-refractivity contribution in [3.63, 3.8) is 0 Å². The van der Waals surface area contributed by atoms with Gasteiger partial charge in [0.15, 0.2) is 0 Å². The molecule has 1 aromatic carbocycles. The van der Waals surface area contributed by atoms with Gasteiger partial charge in [-0.25, -0.2) is 0 Å². The third-order valence-corrected chi connectivity index (χ3v) is 4.31. The minimum absolute atomic E-state index is 0.0270. The monoisotopic (exact) mass is 323 g/mol. The normalized spacial score (nSPS) is 10.4. The Labute approximate surface area is 137 Å². The van der Waals surface area contributed by atoms with Gasteiger partial charge in [-0.05, 0) is 38.8 Å². The van der Waals surface area contributed by atoms with Gasteiger partial charge in [0.2, 0.25) is 5.91 Å². The fourth-order valence-electron chi connectivity index (χ4n) is 2.02. The Morgan fingerprint density at radius 3 is 2.59 bits per heavy atom. The molecule has 0 aromatic heterocycles. The summed E-state index contributed by atoms with van der Waals surface area (Å²) in [6, 6.07) is 6.21. The molecule has 0 unspecified atom stereocenters. The lowest BCUT2D eigenvalue weighted by molar-refractivity contribution is -0.148. The van der Waals surface area contributed by atoms with Crippen molar-refractivity contribution in [3.05, 3.63) is 29.3 Å². The summed E-state index contributed by atoms with van der Waals surface area (Å²) in [5, 5.41) is 0. The molecule has 0 aliphatic carbocycles. The predicted molar refractivity (Wildman–Crippen MR) is 90.1 cm³/mol. The molecule has 4 nitrogen and oxygen atoms in total. The number of carbonyl (C=O) groups is 2. The van der Waals surface area contributed by atoms with Crippen LogP contribution >= 0.6 is 11.8 Å². The number of benzene rings is 1. The molecule has 5 heteroatoms. The van der Waals surface area contributed by atoms with Crippen LogP contribution in [0.1, 0.15) is 31.4 Å². The quantitative estimate of drug-likeness (QED) is 0.544. The van der Waals surface area contributed by atoms with E-state index in [1.807, 2.05) is 20.8 Å². The predicted octanol–water partition coefficient (Wildman–Crippen LogP) is 3.20. The molecule has 1 aromatic rings. The first-order chi connectivity index (χ1) is 10.5. The van der Waals surface area contributed by atoms with E-state index in [0.29, 0.717) is 18.9 Å². The van der Waals surface area contributed by atoms with Crippen LogP contribution in [0.4, 0.5) is 0 Å². The van der Waals surface area contributed by atoms with E-state index in [-0.39, 0.29) is 18.4 Å². The Morgan fingerprint density at radius 2 is 1.95 bits per heavy atom. The Hall–Kier alpha value is -1.49. The molecule has 1 amide bonds. The van der Waals surface area contributed by atoms with Gasteiger partial charge < -0.3 is 9.64 Å². The first-order valence-electron chi connectivity index (χ1n) is 7.61. The Bertz CT molecular complexity index is 517. The molecule has 0 radical (unpaired) electrons. The SMILES string of the molecule is CCCN(CC(=O)OCC)C(=O)CSc1cc(C)ccc1C. The van der Waals surface area contributed by atoms with Crippen LogP contribution in [0.25, 0.3) is 0 Å². The van der Waals surface area contributed by atoms with Crippen molar-refractivity contribution in [2.45, 2.75) is 39.0 Å². The van der Waals surface area contributed by atoms with E-state index in [2.05, 4.69) is 18.2 Å². The summed E-state index contributed by atoms with van der Waals surface area (Å²) in [6.45, 7) is 8.77. The number of amides is 1. The number of carbonyl (C=O) groups excluding carboxylic acids is 2. The highest BCUT2D eigenvalue weighted by molar-refractivity contribution is 8.00. The third kappa shape index (κ3) is 6.10. The van der Waals surface area contributed by atoms with Gasteiger partial charge in [-0.15, -0.1) is 11.8 Å². The van der Waals surface area contributed by atoms with E-state index in [1.165, 1.54) is 17.3 Å². The zero-order valence-corrected chi connectivity index (χ0v) is 14.7. The Kier molecular flexibility index (Phi) is 8.02. The van der Waals surface area contributed by atoms with Gasteiger partial charge in [0.05, 0.1) is 12.4 Å². The van der Waals surface area contributed by atoms with Crippen LogP contribution in [0, 0.1) is 13.8 Å². The first-order valence-corrected chi connectivity index (χ1v) is 8.59. The van der Waals surface area contributed by atoms with Crippen LogP contribution in [0.5, 0.6) is 0 Å². The van der Waals surface area contributed by atoms with Gasteiger partial charge in [0.25, 0.3) is 0 Å². The summed E-state index contributed by atoms with van der Waals surface area (Å²) >= 11 is 1.52. The van der Waals surface area contributed by atoms with E-state index in [0.717, 1.165) is 16.9 Å². The van der Waals surface area contributed by atoms with Crippen LogP contribution in [0.2, 0.25) is 0 Å². The maximum absolute atomic E-state index is 12.3. The van der Waals surface area contributed by atoms with Crippen LogP contribution in [0.3, 0.4) is 0 Å². The molecule has 0 saturated carbocycles. The van der Waals surface area contributed by atoms with Crippen molar-refractivity contribution >= 4 is 23.6 Å². The number of hydrogen-bond acceptors (Lipinski definition) is 4. The van der Waals surface area contributed by atoms with E-state index < -0.39 is 0 Å². The summed E-state index contributed by atoms with van der Waals surface area (Å²) in [5.74, 6) is -0.0363. The van der Waals surface area contributed by atoms with Crippen molar-refractivity contribution in [2.75, 3.05) is 25.4 Å². The summed E-state index contributed by atoms with van der Waals surface area (Å²) < 4.78 is 4.93. The molecule has 0 saturated heterocycles. The van der Waals surface area contributed by atoms with Crippen molar-refractivity contribution < 1.29 is 14.3 Å². The fraction of sp³-hybridized carbons (Fsp3) is 0.529. The topological polar surface area (TPSA) is 46.6 Å². The molecule has 0 N–H and O–H groups in total. The number of hydrogen-bond donors (Lipinski definition) is 0. The molecular weight excluding hydrogens is 298 g/mol. The van der Waals surface area contributed by atoms with Crippen LogP contribution < -0.4 is 0 Å². The highest BCUT2D eigenvalue weighted by Gasteiger charge is 2.17. The second-order valence-electron chi connectivity index (χ2n) is 5.18. The van der Waals surface area contributed by atoms with Gasteiger partial charge >= 0.3 is 5.97 Å². The second kappa shape index (κ2) is 9.51. The Morgan fingerprint density at radius 1 is 1.23 bits per heavy atom. The zero-order chi connectivity index (χ0) is 16.5. The summed E-state index contributed by atoms with van der Waals surface area (Å²) in [4.78, 5) is 26.6. The second-order valence-corrected chi connectivity index (χ2v) is 6.20. The van der Waals surface area contributed by atoms with Crippen LogP contribution in [-0.2, 0) is 14.3 Å². The van der Waals surface area contributed by atoms with Gasteiger partial charge in [-0.3, -0.25) is 9.59 Å². The molecule has 0 aliphatic heterocycles.